The molecule has 1 N–H and O–H groups in total. The van der Waals surface area contributed by atoms with E-state index in [1.807, 2.05) is 19.1 Å². The van der Waals surface area contributed by atoms with Crippen LogP contribution in [0.2, 0.25) is 0 Å². The highest BCUT2D eigenvalue weighted by molar-refractivity contribution is 6.36. The van der Waals surface area contributed by atoms with Gasteiger partial charge in [-0.3, -0.25) is 9.59 Å². The molecule has 1 aliphatic heterocycles. The highest BCUT2D eigenvalue weighted by Gasteiger charge is 2.34. The number of phenols is 1. The summed E-state index contributed by atoms with van der Waals surface area (Å²) < 4.78 is 0. The monoisotopic (exact) mass is 303 g/mol. The molecule has 0 unspecified atom stereocenters. The zero-order valence-corrected chi connectivity index (χ0v) is 12.4. The molecular weight excluding hydrogens is 290 g/mol. The maximum Gasteiger partial charge on any atom is 0.265 e. The quantitative estimate of drug-likeness (QED) is 0.698. The maximum atomic E-state index is 12.9. The summed E-state index contributed by atoms with van der Waals surface area (Å²) in [6, 6.07) is 15.4. The fourth-order valence-corrected chi connectivity index (χ4v) is 3.08. The molecule has 4 nitrogen and oxygen atoms in total. The standard InChI is InChI=1S/C19H13NO3/c1-11-4-2-5-12(10-11)20-18(22)14-7-3-6-13-16(21)9-8-15(17(13)14)19(20)23/h2-10,21H,1H3. The smallest absolute Gasteiger partial charge is 0.265 e. The molecule has 0 aliphatic carbocycles. The van der Waals surface area contributed by atoms with E-state index in [4.69, 9.17) is 0 Å². The van der Waals surface area contributed by atoms with E-state index >= 15 is 0 Å². The first kappa shape index (κ1) is 13.5. The number of hydrogen-bond acceptors (Lipinski definition) is 3. The number of amides is 2. The molecule has 0 atom stereocenters. The van der Waals surface area contributed by atoms with Gasteiger partial charge in [-0.1, -0.05) is 24.3 Å². The summed E-state index contributed by atoms with van der Waals surface area (Å²) in [6.07, 6.45) is 0. The van der Waals surface area contributed by atoms with E-state index in [9.17, 15) is 14.7 Å². The Morgan fingerprint density at radius 2 is 1.57 bits per heavy atom. The summed E-state index contributed by atoms with van der Waals surface area (Å²) >= 11 is 0. The molecule has 112 valence electrons. The minimum atomic E-state index is -0.371. The molecule has 0 aromatic heterocycles. The molecule has 0 saturated carbocycles. The highest BCUT2D eigenvalue weighted by atomic mass is 16.3. The lowest BCUT2D eigenvalue weighted by Gasteiger charge is -2.27. The predicted octanol–water partition coefficient (Wildman–Crippen LogP) is 3.65. The van der Waals surface area contributed by atoms with Gasteiger partial charge in [0.05, 0.1) is 5.69 Å². The van der Waals surface area contributed by atoms with Gasteiger partial charge in [-0.05, 0) is 42.8 Å². The van der Waals surface area contributed by atoms with Crippen molar-refractivity contribution in [3.63, 3.8) is 0 Å². The van der Waals surface area contributed by atoms with E-state index in [1.165, 1.54) is 11.0 Å². The summed E-state index contributed by atoms with van der Waals surface area (Å²) in [5.74, 6) is -0.677. The van der Waals surface area contributed by atoms with Gasteiger partial charge in [0.2, 0.25) is 0 Å². The molecule has 2 amide bonds. The molecule has 0 radical (unpaired) electrons. The van der Waals surface area contributed by atoms with E-state index in [1.54, 1.807) is 36.4 Å². The fourth-order valence-electron chi connectivity index (χ4n) is 3.08. The molecule has 0 saturated heterocycles. The second kappa shape index (κ2) is 4.68. The van der Waals surface area contributed by atoms with Crippen molar-refractivity contribution in [3.05, 3.63) is 71.3 Å². The summed E-state index contributed by atoms with van der Waals surface area (Å²) in [7, 11) is 0. The van der Waals surface area contributed by atoms with E-state index in [-0.39, 0.29) is 17.6 Å². The number of anilines is 1. The van der Waals surface area contributed by atoms with Gasteiger partial charge < -0.3 is 5.11 Å². The highest BCUT2D eigenvalue weighted by Crippen LogP contribution is 2.36. The largest absolute Gasteiger partial charge is 0.507 e. The van der Waals surface area contributed by atoms with Gasteiger partial charge in [-0.15, -0.1) is 0 Å². The third-order valence-corrected chi connectivity index (χ3v) is 4.14. The molecule has 0 fully saturated rings. The molecular formula is C19H13NO3. The van der Waals surface area contributed by atoms with Gasteiger partial charge in [0.15, 0.2) is 0 Å². The first-order chi connectivity index (χ1) is 11.1. The average molecular weight is 303 g/mol. The Bertz CT molecular complexity index is 969. The number of aryl methyl sites for hydroxylation is 1. The summed E-state index contributed by atoms with van der Waals surface area (Å²) in [6.45, 7) is 1.91. The first-order valence-corrected chi connectivity index (χ1v) is 7.28. The van der Waals surface area contributed by atoms with Crippen molar-refractivity contribution < 1.29 is 14.7 Å². The molecule has 23 heavy (non-hydrogen) atoms. The first-order valence-electron chi connectivity index (χ1n) is 7.28. The average Bonchev–Trinajstić information content (AvgIpc) is 2.54. The predicted molar refractivity (Wildman–Crippen MR) is 87.9 cm³/mol. The summed E-state index contributed by atoms with van der Waals surface area (Å²) in [5.41, 5.74) is 2.37. The molecule has 0 spiro atoms. The van der Waals surface area contributed by atoms with Crippen molar-refractivity contribution in [2.75, 3.05) is 4.90 Å². The van der Waals surface area contributed by atoms with Crippen LogP contribution in [-0.2, 0) is 0 Å². The van der Waals surface area contributed by atoms with Crippen molar-refractivity contribution in [2.45, 2.75) is 6.92 Å². The van der Waals surface area contributed by atoms with Crippen LogP contribution in [0.15, 0.2) is 54.6 Å². The number of benzene rings is 3. The number of carbonyl (C=O) groups excluding carboxylic acids is 2. The van der Waals surface area contributed by atoms with Crippen LogP contribution in [0, 0.1) is 6.92 Å². The van der Waals surface area contributed by atoms with E-state index in [0.29, 0.717) is 27.6 Å². The van der Waals surface area contributed by atoms with Crippen LogP contribution in [0.5, 0.6) is 5.75 Å². The van der Waals surface area contributed by atoms with Gasteiger partial charge in [-0.25, -0.2) is 4.90 Å². The summed E-state index contributed by atoms with van der Waals surface area (Å²) in [4.78, 5) is 26.9. The lowest BCUT2D eigenvalue weighted by molar-refractivity contribution is 0.0893. The number of aromatic hydroxyl groups is 1. The Labute approximate surface area is 132 Å². The molecule has 1 aliphatic rings. The van der Waals surface area contributed by atoms with E-state index < -0.39 is 0 Å². The third-order valence-electron chi connectivity index (χ3n) is 4.14. The van der Waals surface area contributed by atoms with Crippen molar-refractivity contribution >= 4 is 28.3 Å². The van der Waals surface area contributed by atoms with Crippen LogP contribution in [0.4, 0.5) is 5.69 Å². The second-order valence-electron chi connectivity index (χ2n) is 5.65. The van der Waals surface area contributed by atoms with Crippen LogP contribution in [0.1, 0.15) is 26.3 Å². The van der Waals surface area contributed by atoms with Crippen LogP contribution in [-0.4, -0.2) is 16.9 Å². The Balaban J connectivity index is 2.01. The third kappa shape index (κ3) is 1.85. The number of rotatable bonds is 1. The number of imide groups is 1. The second-order valence-corrected chi connectivity index (χ2v) is 5.65. The van der Waals surface area contributed by atoms with Crippen LogP contribution in [0.25, 0.3) is 10.8 Å². The van der Waals surface area contributed by atoms with Crippen LogP contribution >= 0.6 is 0 Å². The van der Waals surface area contributed by atoms with Crippen LogP contribution < -0.4 is 4.90 Å². The normalized spacial score (nSPS) is 13.7. The molecule has 3 aromatic carbocycles. The SMILES string of the molecule is Cc1cccc(N2C(=O)c3cccc4c(O)ccc(c34)C2=O)c1. The molecule has 4 heteroatoms. The Morgan fingerprint density at radius 3 is 2.30 bits per heavy atom. The van der Waals surface area contributed by atoms with Crippen LogP contribution in [0.3, 0.4) is 0 Å². The maximum absolute atomic E-state index is 12.9. The van der Waals surface area contributed by atoms with Crippen molar-refractivity contribution in [1.82, 2.24) is 0 Å². The zero-order chi connectivity index (χ0) is 16.1. The number of phenolic OH excluding ortho intramolecular Hbond substituents is 1. The van der Waals surface area contributed by atoms with E-state index in [2.05, 4.69) is 0 Å². The minimum Gasteiger partial charge on any atom is -0.507 e. The van der Waals surface area contributed by atoms with Crippen molar-refractivity contribution in [2.24, 2.45) is 0 Å². The summed E-state index contributed by atoms with van der Waals surface area (Å²) in [5, 5.41) is 11.0. The lowest BCUT2D eigenvalue weighted by Crippen LogP contribution is -2.40. The minimum absolute atomic E-state index is 0.0650. The Hall–Kier alpha value is -3.14. The van der Waals surface area contributed by atoms with E-state index in [0.717, 1.165) is 5.56 Å². The fraction of sp³-hybridized carbons (Fsp3) is 0.0526. The van der Waals surface area contributed by atoms with Crippen molar-refractivity contribution in [1.29, 1.82) is 0 Å². The Morgan fingerprint density at radius 1 is 0.870 bits per heavy atom. The molecule has 1 heterocycles. The topological polar surface area (TPSA) is 57.6 Å². The molecule has 0 bridgehead atoms. The van der Waals surface area contributed by atoms with Crippen molar-refractivity contribution in [3.8, 4) is 5.75 Å². The van der Waals surface area contributed by atoms with Gasteiger partial charge in [-0.2, -0.15) is 0 Å². The van der Waals surface area contributed by atoms with Gasteiger partial charge in [0, 0.05) is 21.9 Å². The van der Waals surface area contributed by atoms with Gasteiger partial charge >= 0.3 is 0 Å². The molecule has 4 rings (SSSR count). The lowest BCUT2D eigenvalue weighted by atomic mass is 9.93. The number of hydrogen-bond donors (Lipinski definition) is 1. The van der Waals surface area contributed by atoms with Gasteiger partial charge in [0.25, 0.3) is 11.8 Å². The zero-order valence-electron chi connectivity index (χ0n) is 12.4. The molecule has 3 aromatic rings. The number of nitrogens with zero attached hydrogens (tertiary/aromatic N) is 1. The van der Waals surface area contributed by atoms with Gasteiger partial charge in [0.1, 0.15) is 5.75 Å². The number of carbonyl (C=O) groups is 2. The Kier molecular flexibility index (Phi) is 2.75.